The van der Waals surface area contributed by atoms with Crippen molar-refractivity contribution in [1.82, 2.24) is 5.32 Å². The monoisotopic (exact) mass is 327 g/mol. The maximum atomic E-state index is 5.98. The van der Waals surface area contributed by atoms with Crippen molar-refractivity contribution in [2.24, 2.45) is 0 Å². The average Bonchev–Trinajstić information content (AvgIpc) is 2.52. The molecule has 0 atom stereocenters. The van der Waals surface area contributed by atoms with Gasteiger partial charge in [-0.2, -0.15) is 0 Å². The van der Waals surface area contributed by atoms with Crippen LogP contribution in [-0.4, -0.2) is 20.3 Å². The Kier molecular flexibility index (Phi) is 6.27. The summed E-state index contributed by atoms with van der Waals surface area (Å²) in [6, 6.07) is 14.5. The fourth-order valence-electron chi connectivity index (χ4n) is 2.62. The van der Waals surface area contributed by atoms with Crippen LogP contribution in [0.1, 0.15) is 37.5 Å². The summed E-state index contributed by atoms with van der Waals surface area (Å²) in [6.07, 6.45) is 0. The molecule has 0 bridgehead atoms. The van der Waals surface area contributed by atoms with Gasteiger partial charge in [-0.25, -0.2) is 0 Å². The van der Waals surface area contributed by atoms with E-state index in [1.807, 2.05) is 19.2 Å². The molecule has 0 spiro atoms. The van der Waals surface area contributed by atoms with E-state index >= 15 is 0 Å². The number of benzene rings is 2. The van der Waals surface area contributed by atoms with Crippen molar-refractivity contribution in [3.63, 3.8) is 0 Å². The van der Waals surface area contributed by atoms with Gasteiger partial charge >= 0.3 is 0 Å². The molecule has 0 saturated heterocycles. The molecule has 1 N–H and O–H groups in total. The molecular weight excluding hydrogens is 298 g/mol. The lowest BCUT2D eigenvalue weighted by Gasteiger charge is -2.23. The number of rotatable bonds is 7. The molecule has 0 aliphatic rings. The van der Waals surface area contributed by atoms with E-state index in [4.69, 9.17) is 9.47 Å². The molecule has 130 valence electrons. The Balaban J connectivity index is 1.92. The van der Waals surface area contributed by atoms with Gasteiger partial charge in [0.05, 0.1) is 0 Å². The molecule has 0 aliphatic carbocycles. The molecule has 0 saturated carbocycles. The third kappa shape index (κ3) is 5.27. The number of hydrogen-bond donors (Lipinski definition) is 1. The van der Waals surface area contributed by atoms with Crippen molar-refractivity contribution in [3.05, 3.63) is 59.2 Å². The molecule has 3 heteroatoms. The van der Waals surface area contributed by atoms with Crippen LogP contribution in [0.25, 0.3) is 0 Å². The smallest absolute Gasteiger partial charge is 0.123 e. The van der Waals surface area contributed by atoms with Crippen molar-refractivity contribution in [1.29, 1.82) is 0 Å². The zero-order valence-corrected chi connectivity index (χ0v) is 15.5. The fourth-order valence-corrected chi connectivity index (χ4v) is 2.62. The average molecular weight is 327 g/mol. The molecule has 24 heavy (non-hydrogen) atoms. The molecule has 0 heterocycles. The lowest BCUT2D eigenvalue weighted by molar-refractivity contribution is 0.214. The Morgan fingerprint density at radius 3 is 2.42 bits per heavy atom. The molecule has 0 amide bonds. The van der Waals surface area contributed by atoms with E-state index in [1.54, 1.807) is 0 Å². The summed E-state index contributed by atoms with van der Waals surface area (Å²) < 4.78 is 11.8. The quantitative estimate of drug-likeness (QED) is 0.761. The highest BCUT2D eigenvalue weighted by Gasteiger charge is 2.19. The molecule has 0 radical (unpaired) electrons. The van der Waals surface area contributed by atoms with Gasteiger partial charge in [-0.3, -0.25) is 0 Å². The van der Waals surface area contributed by atoms with Crippen molar-refractivity contribution >= 4 is 0 Å². The normalized spacial score (nSPS) is 11.4. The maximum Gasteiger partial charge on any atom is 0.123 e. The van der Waals surface area contributed by atoms with Crippen LogP contribution in [0, 0.1) is 6.92 Å². The van der Waals surface area contributed by atoms with Gasteiger partial charge in [-0.1, -0.05) is 50.6 Å². The topological polar surface area (TPSA) is 30.5 Å². The Bertz CT molecular complexity index is 659. The zero-order valence-electron chi connectivity index (χ0n) is 15.5. The predicted molar refractivity (Wildman–Crippen MR) is 100 cm³/mol. The highest BCUT2D eigenvalue weighted by molar-refractivity contribution is 5.41. The van der Waals surface area contributed by atoms with E-state index in [0.717, 1.165) is 18.0 Å². The van der Waals surface area contributed by atoms with Crippen LogP contribution in [0.3, 0.4) is 0 Å². The lowest BCUT2D eigenvalue weighted by Crippen LogP contribution is -2.16. The fraction of sp³-hybridized carbons (Fsp3) is 0.429. The Hall–Kier alpha value is -2.00. The van der Waals surface area contributed by atoms with E-state index in [-0.39, 0.29) is 5.41 Å². The molecule has 2 aromatic rings. The van der Waals surface area contributed by atoms with E-state index < -0.39 is 0 Å². The Labute approximate surface area is 146 Å². The molecule has 2 rings (SSSR count). The zero-order chi connectivity index (χ0) is 17.6. The number of ether oxygens (including phenoxy) is 2. The molecule has 3 nitrogen and oxygen atoms in total. The lowest BCUT2D eigenvalue weighted by atomic mass is 9.85. The highest BCUT2D eigenvalue weighted by atomic mass is 16.5. The van der Waals surface area contributed by atoms with E-state index in [2.05, 4.69) is 63.3 Å². The molecule has 0 aliphatic heterocycles. The summed E-state index contributed by atoms with van der Waals surface area (Å²) in [5.74, 6) is 1.83. The van der Waals surface area contributed by atoms with Crippen molar-refractivity contribution in [2.45, 2.75) is 39.7 Å². The second-order valence-corrected chi connectivity index (χ2v) is 7.12. The van der Waals surface area contributed by atoms with Gasteiger partial charge in [-0.05, 0) is 48.7 Å². The SMILES string of the molecule is CNCc1cccc(OCCOc2ccc(C)cc2C(C)(C)C)c1. The molecule has 0 unspecified atom stereocenters. The van der Waals surface area contributed by atoms with Gasteiger partial charge in [-0.15, -0.1) is 0 Å². The van der Waals surface area contributed by atoms with Crippen molar-refractivity contribution in [3.8, 4) is 11.5 Å². The maximum absolute atomic E-state index is 5.98. The number of nitrogens with one attached hydrogen (secondary N) is 1. The van der Waals surface area contributed by atoms with Crippen LogP contribution in [0.15, 0.2) is 42.5 Å². The van der Waals surface area contributed by atoms with Crippen molar-refractivity contribution in [2.75, 3.05) is 20.3 Å². The number of hydrogen-bond acceptors (Lipinski definition) is 3. The minimum absolute atomic E-state index is 0.0592. The second kappa shape index (κ2) is 8.20. The number of aryl methyl sites for hydroxylation is 1. The van der Waals surface area contributed by atoms with Crippen LogP contribution in [0.4, 0.5) is 0 Å². The van der Waals surface area contributed by atoms with Gasteiger partial charge in [0.1, 0.15) is 24.7 Å². The first kappa shape index (κ1) is 18.3. The highest BCUT2D eigenvalue weighted by Crippen LogP contribution is 2.32. The van der Waals surface area contributed by atoms with Crippen LogP contribution in [0.2, 0.25) is 0 Å². The predicted octanol–water partition coefficient (Wildman–Crippen LogP) is 4.47. The van der Waals surface area contributed by atoms with E-state index in [9.17, 15) is 0 Å². The first-order valence-corrected chi connectivity index (χ1v) is 8.50. The van der Waals surface area contributed by atoms with E-state index in [1.165, 1.54) is 16.7 Å². The molecule has 2 aromatic carbocycles. The largest absolute Gasteiger partial charge is 0.490 e. The van der Waals surface area contributed by atoms with Gasteiger partial charge in [0.2, 0.25) is 0 Å². The Morgan fingerprint density at radius 1 is 0.958 bits per heavy atom. The van der Waals surface area contributed by atoms with E-state index in [0.29, 0.717) is 13.2 Å². The van der Waals surface area contributed by atoms with Gasteiger partial charge < -0.3 is 14.8 Å². The van der Waals surface area contributed by atoms with Gasteiger partial charge in [0.25, 0.3) is 0 Å². The van der Waals surface area contributed by atoms with Gasteiger partial charge in [0, 0.05) is 6.54 Å². The van der Waals surface area contributed by atoms with Crippen LogP contribution in [0.5, 0.6) is 11.5 Å². The second-order valence-electron chi connectivity index (χ2n) is 7.12. The standard InChI is InChI=1S/C21H29NO2/c1-16-9-10-20(19(13-16)21(2,3)4)24-12-11-23-18-8-6-7-17(14-18)15-22-5/h6-10,13-14,22H,11-12,15H2,1-5H3. The summed E-state index contributed by atoms with van der Waals surface area (Å²) in [6.45, 7) is 10.6. The van der Waals surface area contributed by atoms with Crippen LogP contribution < -0.4 is 14.8 Å². The summed E-state index contributed by atoms with van der Waals surface area (Å²) in [4.78, 5) is 0. The first-order valence-electron chi connectivity index (χ1n) is 8.50. The van der Waals surface area contributed by atoms with Crippen LogP contribution in [-0.2, 0) is 12.0 Å². The molecule has 0 aromatic heterocycles. The first-order chi connectivity index (χ1) is 11.4. The third-order valence-electron chi connectivity index (χ3n) is 3.83. The molecule has 0 fully saturated rings. The summed E-state index contributed by atoms with van der Waals surface area (Å²) in [7, 11) is 1.94. The van der Waals surface area contributed by atoms with Crippen molar-refractivity contribution < 1.29 is 9.47 Å². The minimum atomic E-state index is 0.0592. The Morgan fingerprint density at radius 2 is 1.71 bits per heavy atom. The summed E-state index contributed by atoms with van der Waals surface area (Å²) >= 11 is 0. The summed E-state index contributed by atoms with van der Waals surface area (Å²) in [5.41, 5.74) is 3.76. The summed E-state index contributed by atoms with van der Waals surface area (Å²) in [5, 5.41) is 3.14. The minimum Gasteiger partial charge on any atom is -0.490 e. The van der Waals surface area contributed by atoms with Gasteiger partial charge in [0.15, 0.2) is 0 Å². The third-order valence-corrected chi connectivity index (χ3v) is 3.83. The molecular formula is C21H29NO2. The van der Waals surface area contributed by atoms with Crippen LogP contribution >= 0.6 is 0 Å².